The Hall–Kier alpha value is -4.81. The van der Waals surface area contributed by atoms with Crippen molar-refractivity contribution in [2.75, 3.05) is 7.05 Å². The van der Waals surface area contributed by atoms with Gasteiger partial charge in [0, 0.05) is 48.0 Å². The molecule has 1 saturated carbocycles. The molecule has 2 aliphatic carbocycles. The van der Waals surface area contributed by atoms with Crippen molar-refractivity contribution in [1.29, 1.82) is 0 Å². The van der Waals surface area contributed by atoms with Gasteiger partial charge in [-0.1, -0.05) is 18.2 Å². The smallest absolute Gasteiger partial charge is 0.293 e. The summed E-state index contributed by atoms with van der Waals surface area (Å²) >= 11 is 0. The number of rotatable bonds is 10. The third kappa shape index (κ3) is 5.62. The van der Waals surface area contributed by atoms with Gasteiger partial charge in [0.1, 0.15) is 29.6 Å². The van der Waals surface area contributed by atoms with Gasteiger partial charge in [-0.3, -0.25) is 24.4 Å². The number of fused-ring (bicyclic) bond motifs is 4. The first-order valence-electron chi connectivity index (χ1n) is 14.0. The van der Waals surface area contributed by atoms with Crippen LogP contribution < -0.4 is 5.32 Å². The van der Waals surface area contributed by atoms with Crippen LogP contribution in [0.2, 0.25) is 0 Å². The fraction of sp³-hybridized carbons (Fsp3) is 0.281. The standard InChI is InChI=1S/C32H26F6N6O/c1-39-14-22(18-6-5-17-4-3-7-41-24(17)11-18)28(40-2)25(10-16-8-19(33)12-20(34)9-16)42-26(45)15-44-30-27(29(43-44)31(35)36)21-13-23(21)32(30,37)38/h3-9,11-12,14,21,23,25,31H,1,10,13,15H2,2H3,(H,42,45)/b22-14-,40-28?/t21?,23?,25-/m0/s1. The molecule has 2 aromatic carbocycles. The number of alkyl halides is 4. The number of aromatic nitrogens is 3. The lowest BCUT2D eigenvalue weighted by Gasteiger charge is -2.24. The normalized spacial score (nSPS) is 19.4. The Bertz CT molecular complexity index is 1860. The van der Waals surface area contributed by atoms with Crippen molar-refractivity contribution in [1.82, 2.24) is 20.1 Å². The maximum absolute atomic E-state index is 15.1. The molecule has 232 valence electrons. The van der Waals surface area contributed by atoms with E-state index in [-0.39, 0.29) is 29.7 Å². The SMILES string of the molecule is C=N/C=C(\C(=NC)[C@H](Cc1cc(F)cc(F)c1)NC(=O)Cn1nc(C(F)F)c2c1C(F)(F)C1CC21)c1ccc2cccnc2c1. The number of pyridine rings is 1. The molecule has 0 bridgehead atoms. The first-order valence-corrected chi connectivity index (χ1v) is 14.0. The summed E-state index contributed by atoms with van der Waals surface area (Å²) in [7, 11) is 1.44. The topological polar surface area (TPSA) is 84.5 Å². The molecule has 2 heterocycles. The molecule has 45 heavy (non-hydrogen) atoms. The third-order valence-electron chi connectivity index (χ3n) is 8.14. The Balaban J connectivity index is 1.36. The third-order valence-corrected chi connectivity index (χ3v) is 8.14. The van der Waals surface area contributed by atoms with E-state index in [4.69, 9.17) is 0 Å². The molecule has 2 unspecified atom stereocenters. The summed E-state index contributed by atoms with van der Waals surface area (Å²) in [6.07, 6.45) is -0.164. The lowest BCUT2D eigenvalue weighted by molar-refractivity contribution is -0.122. The summed E-state index contributed by atoms with van der Waals surface area (Å²) in [4.78, 5) is 26.1. The zero-order valence-corrected chi connectivity index (χ0v) is 23.8. The molecule has 0 saturated heterocycles. The number of nitrogens with zero attached hydrogens (tertiary/aromatic N) is 5. The molecule has 0 aliphatic heterocycles. The predicted molar refractivity (Wildman–Crippen MR) is 157 cm³/mol. The van der Waals surface area contributed by atoms with E-state index in [0.717, 1.165) is 17.5 Å². The molecule has 0 spiro atoms. The number of carbonyl (C=O) groups is 1. The fourth-order valence-electron chi connectivity index (χ4n) is 6.21. The first kappa shape index (κ1) is 30.2. The van der Waals surface area contributed by atoms with Gasteiger partial charge in [-0.05, 0) is 60.9 Å². The second-order valence-electron chi connectivity index (χ2n) is 11.0. The van der Waals surface area contributed by atoms with Gasteiger partial charge in [0.05, 0.1) is 17.3 Å². The van der Waals surface area contributed by atoms with E-state index in [2.05, 4.69) is 32.1 Å². The van der Waals surface area contributed by atoms with Crippen molar-refractivity contribution in [3.63, 3.8) is 0 Å². The summed E-state index contributed by atoms with van der Waals surface area (Å²) in [6, 6.07) is 10.8. The van der Waals surface area contributed by atoms with Crippen LogP contribution in [-0.2, 0) is 23.7 Å². The molecule has 6 rings (SSSR count). The molecule has 2 aliphatic rings. The molecule has 13 heteroatoms. The van der Waals surface area contributed by atoms with Gasteiger partial charge < -0.3 is 5.32 Å². The van der Waals surface area contributed by atoms with Crippen LogP contribution in [0.25, 0.3) is 16.5 Å². The van der Waals surface area contributed by atoms with Gasteiger partial charge in [0.2, 0.25) is 5.91 Å². The van der Waals surface area contributed by atoms with E-state index in [0.29, 0.717) is 27.4 Å². The van der Waals surface area contributed by atoms with E-state index in [1.807, 2.05) is 12.1 Å². The van der Waals surface area contributed by atoms with Gasteiger partial charge in [-0.15, -0.1) is 0 Å². The lowest BCUT2D eigenvalue weighted by atomic mass is 9.92. The number of hydrogen-bond acceptors (Lipinski definition) is 5. The van der Waals surface area contributed by atoms with Crippen LogP contribution in [-0.4, -0.2) is 46.2 Å². The highest BCUT2D eigenvalue weighted by molar-refractivity contribution is 6.27. The highest BCUT2D eigenvalue weighted by Gasteiger charge is 2.67. The number of halogens is 6. The number of aliphatic imine (C=N–C) groups is 2. The average Bonchev–Trinajstić information content (AvgIpc) is 3.65. The largest absolute Gasteiger partial charge is 0.346 e. The van der Waals surface area contributed by atoms with Crippen molar-refractivity contribution >= 4 is 34.8 Å². The number of amides is 1. The van der Waals surface area contributed by atoms with Crippen LogP contribution in [0.4, 0.5) is 26.3 Å². The number of carbonyl (C=O) groups excluding carboxylic acids is 1. The maximum Gasteiger partial charge on any atom is 0.293 e. The van der Waals surface area contributed by atoms with Gasteiger partial charge in [0.15, 0.2) is 0 Å². The summed E-state index contributed by atoms with van der Waals surface area (Å²) in [6.45, 7) is 2.74. The summed E-state index contributed by atoms with van der Waals surface area (Å²) in [5, 5.41) is 7.28. The average molecular weight is 625 g/mol. The summed E-state index contributed by atoms with van der Waals surface area (Å²) in [5.41, 5.74) is 0.396. The van der Waals surface area contributed by atoms with Gasteiger partial charge in [-0.25, -0.2) is 17.6 Å². The highest BCUT2D eigenvalue weighted by Crippen LogP contribution is 2.68. The molecular weight excluding hydrogens is 598 g/mol. The van der Waals surface area contributed by atoms with Crippen LogP contribution in [0.15, 0.2) is 70.9 Å². The second kappa shape index (κ2) is 11.6. The molecule has 1 amide bonds. The van der Waals surface area contributed by atoms with Gasteiger partial charge in [0.25, 0.3) is 12.3 Å². The molecule has 4 aromatic rings. The van der Waals surface area contributed by atoms with Crippen LogP contribution >= 0.6 is 0 Å². The Morgan fingerprint density at radius 3 is 2.62 bits per heavy atom. The van der Waals surface area contributed by atoms with Crippen LogP contribution in [0.1, 0.15) is 46.8 Å². The van der Waals surface area contributed by atoms with Crippen molar-refractivity contribution in [3.8, 4) is 0 Å². The Labute approximate surface area is 253 Å². The summed E-state index contributed by atoms with van der Waals surface area (Å²) in [5.74, 6) is -7.78. The molecular formula is C32H26F6N6O. The predicted octanol–water partition coefficient (Wildman–Crippen LogP) is 6.40. The number of nitrogens with one attached hydrogen (secondary N) is 1. The quantitative estimate of drug-likeness (QED) is 0.164. The van der Waals surface area contributed by atoms with E-state index >= 15 is 8.78 Å². The fourth-order valence-corrected chi connectivity index (χ4v) is 6.21. The summed E-state index contributed by atoms with van der Waals surface area (Å²) < 4.78 is 86.7. The zero-order valence-electron chi connectivity index (χ0n) is 23.8. The van der Waals surface area contributed by atoms with E-state index in [9.17, 15) is 22.4 Å². The first-order chi connectivity index (χ1) is 21.5. The second-order valence-corrected chi connectivity index (χ2v) is 11.0. The minimum Gasteiger partial charge on any atom is -0.346 e. The van der Waals surface area contributed by atoms with E-state index in [1.54, 1.807) is 24.4 Å². The van der Waals surface area contributed by atoms with Crippen molar-refractivity contribution in [2.24, 2.45) is 15.9 Å². The molecule has 1 N–H and O–H groups in total. The van der Waals surface area contributed by atoms with Crippen LogP contribution in [0, 0.1) is 17.6 Å². The van der Waals surface area contributed by atoms with Crippen molar-refractivity contribution in [2.45, 2.75) is 43.7 Å². The van der Waals surface area contributed by atoms with Crippen LogP contribution in [0.5, 0.6) is 0 Å². The molecule has 7 nitrogen and oxygen atoms in total. The Kier molecular flexibility index (Phi) is 7.79. The highest BCUT2D eigenvalue weighted by atomic mass is 19.3. The minimum absolute atomic E-state index is 0.0803. The Morgan fingerprint density at radius 2 is 1.93 bits per heavy atom. The maximum atomic E-state index is 15.1. The van der Waals surface area contributed by atoms with Gasteiger partial charge >= 0.3 is 0 Å². The van der Waals surface area contributed by atoms with Crippen LogP contribution in [0.3, 0.4) is 0 Å². The van der Waals surface area contributed by atoms with Crippen molar-refractivity contribution < 1.29 is 31.1 Å². The molecule has 2 aromatic heterocycles. The Morgan fingerprint density at radius 1 is 1.18 bits per heavy atom. The zero-order chi connectivity index (χ0) is 32.0. The number of benzene rings is 2. The lowest BCUT2D eigenvalue weighted by Crippen LogP contribution is -2.44. The monoisotopic (exact) mass is 624 g/mol. The molecule has 0 radical (unpaired) electrons. The molecule has 1 fully saturated rings. The minimum atomic E-state index is -3.41. The van der Waals surface area contributed by atoms with Gasteiger partial charge in [-0.2, -0.15) is 13.9 Å². The number of hydrogen-bond donors (Lipinski definition) is 1. The van der Waals surface area contributed by atoms with Crippen molar-refractivity contribution in [3.05, 3.63) is 101 Å². The molecule has 3 atom stereocenters. The van der Waals surface area contributed by atoms with E-state index < -0.39 is 65.7 Å². The van der Waals surface area contributed by atoms with E-state index in [1.165, 1.54) is 13.2 Å².